The van der Waals surface area contributed by atoms with E-state index in [1.807, 2.05) is 35.2 Å². The molecule has 14 heteroatoms. The minimum atomic E-state index is -0.974. The molecule has 6 aliphatic rings. The van der Waals surface area contributed by atoms with E-state index in [-0.39, 0.29) is 24.2 Å². The number of rotatable bonds is 6. The summed E-state index contributed by atoms with van der Waals surface area (Å²) >= 11 is 6.31. The first-order valence-corrected chi connectivity index (χ1v) is 19.9. The zero-order valence-electron chi connectivity index (χ0n) is 31.1. The highest BCUT2D eigenvalue weighted by Gasteiger charge is 2.46. The van der Waals surface area contributed by atoms with Crippen molar-refractivity contribution in [3.05, 3.63) is 87.9 Å². The number of fused-ring (bicyclic) bond motifs is 1. The molecule has 13 nitrogen and oxygen atoms in total. The maximum atomic E-state index is 13.5. The van der Waals surface area contributed by atoms with Crippen molar-refractivity contribution in [3.63, 3.8) is 0 Å². The summed E-state index contributed by atoms with van der Waals surface area (Å²) < 4.78 is 0. The van der Waals surface area contributed by atoms with E-state index >= 15 is 0 Å². The van der Waals surface area contributed by atoms with Crippen molar-refractivity contribution in [3.8, 4) is 6.07 Å². The Bertz CT molecular complexity index is 2170. The van der Waals surface area contributed by atoms with Gasteiger partial charge < -0.3 is 19.6 Å². The number of piperazine rings is 1. The van der Waals surface area contributed by atoms with Gasteiger partial charge in [-0.05, 0) is 91.8 Å². The smallest absolute Gasteiger partial charge is 0.262 e. The predicted molar refractivity (Wildman–Crippen MR) is 210 cm³/mol. The van der Waals surface area contributed by atoms with Crippen molar-refractivity contribution in [2.45, 2.75) is 44.2 Å². The Morgan fingerprint density at radius 3 is 2.11 bits per heavy atom. The molecule has 1 unspecified atom stereocenters. The number of benzene rings is 3. The van der Waals surface area contributed by atoms with Gasteiger partial charge in [0, 0.05) is 101 Å². The van der Waals surface area contributed by atoms with E-state index in [4.69, 9.17) is 11.6 Å². The predicted octanol–water partition coefficient (Wildman–Crippen LogP) is 3.76. The Kier molecular flexibility index (Phi) is 9.21. The SMILES string of the molecule is N#Cc1ccc(N2CCC3(CCN(C(=O)c4ccc(N5CCN(C6CN(c7ccc8c(c7)C(=O)N(C7CCC(=O)NC7=O)C8=O)C6)CC5)cc4)CC3)C2)cc1Cl. The minimum Gasteiger partial charge on any atom is -0.371 e. The number of likely N-dealkylation sites (tertiary alicyclic amines) is 1. The molecule has 3 aromatic rings. The number of nitrogens with one attached hydrogen (secondary N) is 1. The molecule has 288 valence electrons. The highest BCUT2D eigenvalue weighted by atomic mass is 35.5. The van der Waals surface area contributed by atoms with Crippen LogP contribution in [0.5, 0.6) is 0 Å². The minimum absolute atomic E-state index is 0.0884. The van der Waals surface area contributed by atoms with Crippen molar-refractivity contribution < 1.29 is 24.0 Å². The Morgan fingerprint density at radius 1 is 0.750 bits per heavy atom. The van der Waals surface area contributed by atoms with Gasteiger partial charge in [0.05, 0.1) is 21.7 Å². The van der Waals surface area contributed by atoms with Crippen LogP contribution < -0.4 is 20.0 Å². The number of amides is 5. The van der Waals surface area contributed by atoms with Crippen molar-refractivity contribution in [2.24, 2.45) is 5.41 Å². The summed E-state index contributed by atoms with van der Waals surface area (Å²) in [5.41, 5.74) is 5.04. The molecular formula is C42H43ClN8O5. The third kappa shape index (κ3) is 6.44. The summed E-state index contributed by atoms with van der Waals surface area (Å²) in [4.78, 5) is 76.4. The van der Waals surface area contributed by atoms with Crippen LogP contribution in [0.25, 0.3) is 0 Å². The lowest BCUT2D eigenvalue weighted by Gasteiger charge is -2.49. The van der Waals surface area contributed by atoms with Crippen LogP contribution in [0.2, 0.25) is 5.02 Å². The van der Waals surface area contributed by atoms with E-state index in [1.54, 1.807) is 18.2 Å². The van der Waals surface area contributed by atoms with Gasteiger partial charge in [-0.3, -0.25) is 39.1 Å². The summed E-state index contributed by atoms with van der Waals surface area (Å²) in [6, 6.07) is 20.5. The maximum Gasteiger partial charge on any atom is 0.262 e. The van der Waals surface area contributed by atoms with Gasteiger partial charge in [0.1, 0.15) is 12.1 Å². The fourth-order valence-corrected chi connectivity index (χ4v) is 9.65. The van der Waals surface area contributed by atoms with Gasteiger partial charge >= 0.3 is 0 Å². The van der Waals surface area contributed by atoms with Crippen LogP contribution in [-0.2, 0) is 9.59 Å². The Balaban J connectivity index is 0.736. The van der Waals surface area contributed by atoms with Crippen LogP contribution in [0.1, 0.15) is 68.7 Å². The first-order valence-electron chi connectivity index (χ1n) is 19.5. The van der Waals surface area contributed by atoms with Crippen LogP contribution in [-0.4, -0.2) is 122 Å². The average Bonchev–Trinajstić information content (AvgIpc) is 3.71. The number of halogens is 1. The normalized spacial score (nSPS) is 22.7. The lowest BCUT2D eigenvalue weighted by molar-refractivity contribution is -0.136. The standard InChI is InChI=1S/C42H43ClN8O5/c43-35-22-31(6-3-28(35)23-44)49-16-13-42(26-49)11-14-48(15-12-42)39(54)27-1-4-29(5-2-27)46-17-19-47(20-18-46)32-24-50(25-32)30-7-8-33-34(21-30)41(56)51(40(33)55)36-9-10-37(52)45-38(36)53/h1-8,21-22,32,36H,9-20,24-26H2,(H,45,52,53). The van der Waals surface area contributed by atoms with E-state index < -0.39 is 29.7 Å². The number of imide groups is 2. The quantitative estimate of drug-likeness (QED) is 0.369. The number of anilines is 3. The lowest BCUT2D eigenvalue weighted by Crippen LogP contribution is -2.63. The van der Waals surface area contributed by atoms with Crippen molar-refractivity contribution in [2.75, 3.05) is 80.1 Å². The van der Waals surface area contributed by atoms with E-state index in [1.165, 1.54) is 0 Å². The second-order valence-electron chi connectivity index (χ2n) is 16.0. The van der Waals surface area contributed by atoms with Gasteiger partial charge in [0.25, 0.3) is 17.7 Å². The molecule has 1 N–H and O–H groups in total. The number of piperidine rings is 2. The third-order valence-electron chi connectivity index (χ3n) is 12.9. The van der Waals surface area contributed by atoms with Gasteiger partial charge in [0.15, 0.2) is 0 Å². The number of hydrogen-bond acceptors (Lipinski definition) is 10. The average molecular weight is 775 g/mol. The zero-order chi connectivity index (χ0) is 38.7. The molecule has 3 aromatic carbocycles. The van der Waals surface area contributed by atoms with Crippen LogP contribution >= 0.6 is 11.6 Å². The van der Waals surface area contributed by atoms with E-state index in [0.29, 0.717) is 27.8 Å². The largest absolute Gasteiger partial charge is 0.371 e. The molecule has 0 radical (unpaired) electrons. The van der Waals surface area contributed by atoms with Gasteiger partial charge in [-0.15, -0.1) is 0 Å². The molecule has 5 fully saturated rings. The summed E-state index contributed by atoms with van der Waals surface area (Å²) in [6.07, 6.45) is 3.25. The number of hydrogen-bond donors (Lipinski definition) is 1. The maximum absolute atomic E-state index is 13.5. The molecule has 6 aliphatic heterocycles. The topological polar surface area (TPSA) is 141 Å². The first kappa shape index (κ1) is 36.2. The van der Waals surface area contributed by atoms with Crippen LogP contribution in [0.3, 0.4) is 0 Å². The van der Waals surface area contributed by atoms with Crippen molar-refractivity contribution >= 4 is 58.2 Å². The van der Waals surface area contributed by atoms with E-state index in [0.717, 1.165) is 112 Å². The monoisotopic (exact) mass is 774 g/mol. The molecule has 0 aromatic heterocycles. The van der Waals surface area contributed by atoms with E-state index in [2.05, 4.69) is 43.1 Å². The second-order valence-corrected chi connectivity index (χ2v) is 16.5. The highest BCUT2D eigenvalue weighted by molar-refractivity contribution is 6.32. The molecule has 6 heterocycles. The number of carbonyl (C=O) groups excluding carboxylic acids is 5. The number of carbonyl (C=O) groups is 5. The van der Waals surface area contributed by atoms with E-state index in [9.17, 15) is 29.2 Å². The first-order chi connectivity index (χ1) is 27.1. The molecule has 5 amide bonds. The number of nitriles is 1. The summed E-state index contributed by atoms with van der Waals surface area (Å²) in [7, 11) is 0. The van der Waals surface area contributed by atoms with Crippen LogP contribution in [0.15, 0.2) is 60.7 Å². The Hall–Kier alpha value is -5.45. The molecule has 9 rings (SSSR count). The fraction of sp³-hybridized carbons (Fsp3) is 0.429. The van der Waals surface area contributed by atoms with Gasteiger partial charge in [-0.2, -0.15) is 5.26 Å². The highest BCUT2D eigenvalue weighted by Crippen LogP contribution is 2.43. The Morgan fingerprint density at radius 2 is 1.41 bits per heavy atom. The lowest BCUT2D eigenvalue weighted by atomic mass is 9.77. The Labute approximate surface area is 330 Å². The molecular weight excluding hydrogens is 732 g/mol. The van der Waals surface area contributed by atoms with Gasteiger partial charge in [-0.25, -0.2) is 0 Å². The van der Waals surface area contributed by atoms with Crippen LogP contribution in [0, 0.1) is 16.7 Å². The molecule has 0 saturated carbocycles. The molecule has 56 heavy (non-hydrogen) atoms. The van der Waals surface area contributed by atoms with Gasteiger partial charge in [0.2, 0.25) is 11.8 Å². The number of nitrogens with zero attached hydrogens (tertiary/aromatic N) is 7. The molecule has 1 atom stereocenters. The van der Waals surface area contributed by atoms with Crippen molar-refractivity contribution in [1.82, 2.24) is 20.0 Å². The molecule has 5 saturated heterocycles. The van der Waals surface area contributed by atoms with Crippen LogP contribution in [0.4, 0.5) is 17.1 Å². The summed E-state index contributed by atoms with van der Waals surface area (Å²) in [6.45, 7) is 8.62. The third-order valence-corrected chi connectivity index (χ3v) is 13.3. The van der Waals surface area contributed by atoms with Gasteiger partial charge in [-0.1, -0.05) is 11.6 Å². The molecule has 0 bridgehead atoms. The zero-order valence-corrected chi connectivity index (χ0v) is 31.8. The molecule has 1 spiro atoms. The molecule has 0 aliphatic carbocycles. The second kappa shape index (κ2) is 14.2. The summed E-state index contributed by atoms with van der Waals surface area (Å²) in [5, 5.41) is 11.9. The van der Waals surface area contributed by atoms with Crippen molar-refractivity contribution in [1.29, 1.82) is 5.26 Å². The summed E-state index contributed by atoms with van der Waals surface area (Å²) in [5.74, 6) is -1.90. The fourth-order valence-electron chi connectivity index (χ4n) is 9.43.